The number of benzene rings is 1. The summed E-state index contributed by atoms with van der Waals surface area (Å²) < 4.78 is 1.04. The van der Waals surface area contributed by atoms with Crippen molar-refractivity contribution in [3.8, 4) is 0 Å². The van der Waals surface area contributed by atoms with Crippen molar-refractivity contribution >= 4 is 27.5 Å². The largest absolute Gasteiger partial charge is 0.316 e. The van der Waals surface area contributed by atoms with Gasteiger partial charge in [0, 0.05) is 29.2 Å². The molecule has 17 heavy (non-hydrogen) atoms. The van der Waals surface area contributed by atoms with E-state index in [2.05, 4.69) is 21.2 Å². The molecule has 0 radical (unpaired) electrons. The fourth-order valence-electron chi connectivity index (χ4n) is 2.02. The van der Waals surface area contributed by atoms with Crippen molar-refractivity contribution in [2.24, 2.45) is 5.92 Å². The van der Waals surface area contributed by atoms with Crippen LogP contribution in [0.15, 0.2) is 28.7 Å². The first-order valence-corrected chi connectivity index (χ1v) is 6.75. The minimum absolute atomic E-state index is 0.0407. The number of carbonyl (C=O) groups is 1. The van der Waals surface area contributed by atoms with Crippen LogP contribution >= 0.6 is 15.9 Å². The van der Waals surface area contributed by atoms with Gasteiger partial charge in [0.1, 0.15) is 0 Å². The highest BCUT2D eigenvalue weighted by Gasteiger charge is 2.23. The summed E-state index contributed by atoms with van der Waals surface area (Å²) in [4.78, 5) is 14.2. The maximum Gasteiger partial charge on any atom is 0.231 e. The Morgan fingerprint density at radius 1 is 1.35 bits per heavy atom. The molecule has 1 aromatic rings. The average molecular weight is 297 g/mol. The summed E-state index contributed by atoms with van der Waals surface area (Å²) in [5, 5.41) is 3.29. The lowest BCUT2D eigenvalue weighted by molar-refractivity contribution is -0.122. The van der Waals surface area contributed by atoms with Gasteiger partial charge < -0.3 is 10.2 Å². The second-order valence-corrected chi connectivity index (χ2v) is 5.34. The highest BCUT2D eigenvalue weighted by molar-refractivity contribution is 9.10. The molecule has 4 heteroatoms. The summed E-state index contributed by atoms with van der Waals surface area (Å²) in [6, 6.07) is 7.93. The predicted octanol–water partition coefficient (Wildman–Crippen LogP) is 2.41. The van der Waals surface area contributed by atoms with Gasteiger partial charge in [0.2, 0.25) is 5.91 Å². The first-order valence-electron chi connectivity index (χ1n) is 5.96. The van der Waals surface area contributed by atoms with E-state index in [1.165, 1.54) is 0 Å². The molecule has 3 nitrogen and oxygen atoms in total. The number of hydrogen-bond acceptors (Lipinski definition) is 2. The van der Waals surface area contributed by atoms with Crippen LogP contribution in [0.2, 0.25) is 0 Å². The Kier molecular flexibility index (Phi) is 4.18. The smallest absolute Gasteiger partial charge is 0.231 e. The number of carbonyl (C=O) groups excluding carboxylic acids is 1. The molecule has 1 aromatic carbocycles. The zero-order chi connectivity index (χ0) is 12.3. The first kappa shape index (κ1) is 12.6. The van der Waals surface area contributed by atoms with Crippen molar-refractivity contribution in [2.45, 2.75) is 13.3 Å². The number of anilines is 1. The minimum Gasteiger partial charge on any atom is -0.316 e. The Labute approximate surface area is 110 Å². The van der Waals surface area contributed by atoms with Crippen LogP contribution in [0.5, 0.6) is 0 Å². The van der Waals surface area contributed by atoms with E-state index in [1.54, 1.807) is 0 Å². The van der Waals surface area contributed by atoms with Crippen LogP contribution in [0.1, 0.15) is 13.3 Å². The van der Waals surface area contributed by atoms with Gasteiger partial charge in [-0.2, -0.15) is 0 Å². The number of nitrogens with zero attached hydrogens (tertiary/aromatic N) is 1. The third-order valence-electron chi connectivity index (χ3n) is 3.01. The van der Waals surface area contributed by atoms with Crippen LogP contribution in [0.25, 0.3) is 0 Å². The Balaban J connectivity index is 2.21. The van der Waals surface area contributed by atoms with Crippen molar-refractivity contribution in [2.75, 3.05) is 24.5 Å². The number of halogens is 1. The monoisotopic (exact) mass is 296 g/mol. The van der Waals surface area contributed by atoms with Crippen LogP contribution in [0.4, 0.5) is 5.69 Å². The Morgan fingerprint density at radius 3 is 2.76 bits per heavy atom. The zero-order valence-corrected chi connectivity index (χ0v) is 11.5. The summed E-state index contributed by atoms with van der Waals surface area (Å²) in [6.45, 7) is 4.51. The number of nitrogens with one attached hydrogen (secondary N) is 1. The molecular weight excluding hydrogens is 280 g/mol. The zero-order valence-electron chi connectivity index (χ0n) is 9.95. The van der Waals surface area contributed by atoms with Crippen molar-refractivity contribution in [3.05, 3.63) is 28.7 Å². The lowest BCUT2D eigenvalue weighted by Gasteiger charge is -2.28. The number of amides is 1. The molecule has 1 fully saturated rings. The second kappa shape index (κ2) is 5.65. The van der Waals surface area contributed by atoms with Crippen molar-refractivity contribution in [1.29, 1.82) is 0 Å². The highest BCUT2D eigenvalue weighted by Crippen LogP contribution is 2.21. The van der Waals surface area contributed by atoms with E-state index < -0.39 is 0 Å². The van der Waals surface area contributed by atoms with Gasteiger partial charge in [-0.15, -0.1) is 0 Å². The van der Waals surface area contributed by atoms with Gasteiger partial charge in [-0.05, 0) is 37.2 Å². The fraction of sp³-hybridized carbons (Fsp3) is 0.462. The highest BCUT2D eigenvalue weighted by atomic mass is 79.9. The maximum atomic E-state index is 12.3. The predicted molar refractivity (Wildman–Crippen MR) is 73.1 cm³/mol. The quantitative estimate of drug-likeness (QED) is 0.863. The third kappa shape index (κ3) is 3.07. The van der Waals surface area contributed by atoms with Gasteiger partial charge in [0.25, 0.3) is 0 Å². The molecule has 92 valence electrons. The Hall–Kier alpha value is -0.870. The molecule has 0 saturated carbocycles. The van der Waals surface area contributed by atoms with Crippen LogP contribution in [-0.4, -0.2) is 25.5 Å². The molecule has 1 amide bonds. The fourth-order valence-corrected chi connectivity index (χ4v) is 2.29. The van der Waals surface area contributed by atoms with E-state index >= 15 is 0 Å². The molecule has 2 rings (SSSR count). The molecule has 0 aliphatic carbocycles. The maximum absolute atomic E-state index is 12.3. The van der Waals surface area contributed by atoms with Gasteiger partial charge in [-0.3, -0.25) is 4.79 Å². The standard InChI is InChI=1S/C13H17BrN2O/c1-10-9-15-7-2-8-16(13(10)17)12-5-3-11(14)4-6-12/h3-6,10,15H,2,7-9H2,1H3. The molecule has 1 aliphatic rings. The van der Waals surface area contributed by atoms with Crippen molar-refractivity contribution < 1.29 is 4.79 Å². The van der Waals surface area contributed by atoms with E-state index in [1.807, 2.05) is 36.1 Å². The Morgan fingerprint density at radius 2 is 2.06 bits per heavy atom. The lowest BCUT2D eigenvalue weighted by atomic mass is 10.1. The van der Waals surface area contributed by atoms with Crippen LogP contribution in [0, 0.1) is 5.92 Å². The van der Waals surface area contributed by atoms with Gasteiger partial charge in [0.15, 0.2) is 0 Å². The van der Waals surface area contributed by atoms with E-state index in [4.69, 9.17) is 0 Å². The minimum atomic E-state index is 0.0407. The SMILES string of the molecule is CC1CNCCCN(c2ccc(Br)cc2)C1=O. The van der Waals surface area contributed by atoms with Gasteiger partial charge in [0.05, 0.1) is 0 Å². The van der Waals surface area contributed by atoms with Crippen LogP contribution < -0.4 is 10.2 Å². The average Bonchev–Trinajstić information content (AvgIpc) is 2.32. The summed E-state index contributed by atoms with van der Waals surface area (Å²) in [5.41, 5.74) is 0.993. The number of hydrogen-bond donors (Lipinski definition) is 1. The molecule has 0 aromatic heterocycles. The van der Waals surface area contributed by atoms with Crippen molar-refractivity contribution in [3.63, 3.8) is 0 Å². The van der Waals surface area contributed by atoms with E-state index in [-0.39, 0.29) is 11.8 Å². The van der Waals surface area contributed by atoms with Crippen LogP contribution in [-0.2, 0) is 4.79 Å². The normalized spacial score (nSPS) is 22.1. The molecule has 1 heterocycles. The lowest BCUT2D eigenvalue weighted by Crippen LogP contribution is -2.43. The van der Waals surface area contributed by atoms with E-state index in [0.29, 0.717) is 0 Å². The third-order valence-corrected chi connectivity index (χ3v) is 3.54. The summed E-state index contributed by atoms with van der Waals surface area (Å²) in [5.74, 6) is 0.249. The Bertz CT molecular complexity index is 391. The summed E-state index contributed by atoms with van der Waals surface area (Å²) >= 11 is 3.41. The summed E-state index contributed by atoms with van der Waals surface area (Å²) in [7, 11) is 0. The number of rotatable bonds is 1. The molecule has 1 atom stereocenters. The van der Waals surface area contributed by atoms with Gasteiger partial charge >= 0.3 is 0 Å². The van der Waals surface area contributed by atoms with Gasteiger partial charge in [-0.25, -0.2) is 0 Å². The van der Waals surface area contributed by atoms with Gasteiger partial charge in [-0.1, -0.05) is 22.9 Å². The molecule has 1 saturated heterocycles. The first-order chi connectivity index (χ1) is 8.18. The van der Waals surface area contributed by atoms with Crippen molar-refractivity contribution in [1.82, 2.24) is 5.32 Å². The van der Waals surface area contributed by atoms with E-state index in [0.717, 1.165) is 36.2 Å². The molecule has 1 N–H and O–H groups in total. The second-order valence-electron chi connectivity index (χ2n) is 4.43. The molecule has 1 unspecified atom stereocenters. The topological polar surface area (TPSA) is 32.3 Å². The molecule has 0 bridgehead atoms. The molecule has 1 aliphatic heterocycles. The van der Waals surface area contributed by atoms with Crippen LogP contribution in [0.3, 0.4) is 0 Å². The van der Waals surface area contributed by atoms with E-state index in [9.17, 15) is 4.79 Å². The molecular formula is C13H17BrN2O. The summed E-state index contributed by atoms with van der Waals surface area (Å²) in [6.07, 6.45) is 0.995. The molecule has 0 spiro atoms.